The van der Waals surface area contributed by atoms with Crippen LogP contribution in [0.4, 0.5) is 0 Å². The van der Waals surface area contributed by atoms with Crippen LogP contribution < -0.4 is 0 Å². The quantitative estimate of drug-likeness (QED) is 0.431. The Morgan fingerprint density at radius 3 is 2.68 bits per heavy atom. The molecule has 7 aliphatic rings. The normalized spacial score (nSPS) is 54.9. The summed E-state index contributed by atoms with van der Waals surface area (Å²) in [7, 11) is 0. The van der Waals surface area contributed by atoms with Gasteiger partial charge in [0.1, 0.15) is 0 Å². The van der Waals surface area contributed by atoms with Crippen LogP contribution in [0.3, 0.4) is 0 Å². The second-order valence-electron chi connectivity index (χ2n) is 15.6. The number of piperidine rings is 1. The van der Waals surface area contributed by atoms with Gasteiger partial charge in [0, 0.05) is 30.5 Å². The first kappa shape index (κ1) is 24.6. The first-order valence-electron chi connectivity index (χ1n) is 16.0. The summed E-state index contributed by atoms with van der Waals surface area (Å²) in [6.07, 6.45) is 13.9. The van der Waals surface area contributed by atoms with E-state index in [2.05, 4.69) is 69.0 Å². The zero-order valence-electron chi connectivity index (χ0n) is 24.2. The van der Waals surface area contributed by atoms with Crippen molar-refractivity contribution in [2.75, 3.05) is 6.54 Å². The fourth-order valence-corrected chi connectivity index (χ4v) is 12.5. The molecule has 4 saturated carbocycles. The Hall–Kier alpha value is -1.16. The predicted octanol–water partition coefficient (Wildman–Crippen LogP) is 6.99. The molecule has 3 heteroatoms. The number of ether oxygens (including phenoxy) is 1. The van der Waals surface area contributed by atoms with Gasteiger partial charge in [0.2, 0.25) is 0 Å². The topological polar surface area (TPSA) is 32.7 Å². The molecule has 0 amide bonds. The molecule has 1 N–H and O–H groups in total. The maximum Gasteiger partial charge on any atom is 0.0787 e. The summed E-state index contributed by atoms with van der Waals surface area (Å²) in [5.41, 5.74) is 4.23. The molecule has 2 saturated heterocycles. The van der Waals surface area contributed by atoms with Gasteiger partial charge in [0.05, 0.1) is 17.8 Å². The molecule has 12 atom stereocenters. The van der Waals surface area contributed by atoms with Gasteiger partial charge in [0.15, 0.2) is 0 Å². The largest absolute Gasteiger partial charge is 0.393 e. The number of hydrogen-bond acceptors (Lipinski definition) is 3. The van der Waals surface area contributed by atoms with Crippen molar-refractivity contribution in [1.82, 2.24) is 4.90 Å². The van der Waals surface area contributed by atoms with E-state index < -0.39 is 0 Å². The standard InChI is InChI=1S/C35H49NO2/c1-22-16-30-31(36(19-22)20-24-8-6-5-7-9-24)23(2)35(38-30)15-13-28-27-11-10-25-17-26(37)12-14-32(25,3)29(27)18-34(28)21-33(34,35)4/h5-10,22-23,26-31,37H,11-21H2,1-4H3/t22-,23+,26-,27-,28-,29-,30+,31-,32-,33?,34?,35+/m0/s1. The minimum Gasteiger partial charge on any atom is -0.393 e. The highest BCUT2D eigenvalue weighted by atomic mass is 16.5. The van der Waals surface area contributed by atoms with Gasteiger partial charge < -0.3 is 9.84 Å². The number of nitrogens with zero attached hydrogens (tertiary/aromatic N) is 1. The van der Waals surface area contributed by atoms with Crippen molar-refractivity contribution in [3.05, 3.63) is 47.5 Å². The van der Waals surface area contributed by atoms with E-state index in [1.54, 1.807) is 5.57 Å². The Morgan fingerprint density at radius 1 is 1.05 bits per heavy atom. The summed E-state index contributed by atoms with van der Waals surface area (Å²) in [5.74, 6) is 3.82. The molecule has 5 aliphatic carbocycles. The third kappa shape index (κ3) is 2.97. The van der Waals surface area contributed by atoms with Crippen molar-refractivity contribution < 1.29 is 9.84 Å². The third-order valence-corrected chi connectivity index (χ3v) is 14.2. The molecule has 3 nitrogen and oxygen atoms in total. The molecular formula is C35H49NO2. The third-order valence-electron chi connectivity index (χ3n) is 14.2. The van der Waals surface area contributed by atoms with Crippen LogP contribution in [0.25, 0.3) is 0 Å². The van der Waals surface area contributed by atoms with E-state index in [0.717, 1.165) is 37.1 Å². The SMILES string of the molecule is C[C@H]1C[C@H]2O[C@]3(CC[C@H]4[C@@H]5CC=C6C[C@@H](O)CC[C@]6(C)[C@H]5CC45CC53C)[C@H](C)[C@@H]2N(Cc2ccccc2)C1. The average Bonchev–Trinajstić information content (AvgIpc) is 3.23. The Labute approximate surface area is 230 Å². The van der Waals surface area contributed by atoms with E-state index in [9.17, 15) is 5.11 Å². The van der Waals surface area contributed by atoms with Crippen LogP contribution >= 0.6 is 0 Å². The molecule has 0 radical (unpaired) electrons. The molecule has 8 rings (SSSR count). The highest BCUT2D eigenvalue weighted by Gasteiger charge is 2.84. The predicted molar refractivity (Wildman–Crippen MR) is 151 cm³/mol. The minimum atomic E-state index is -0.112. The van der Waals surface area contributed by atoms with E-state index in [-0.39, 0.29) is 11.7 Å². The van der Waals surface area contributed by atoms with Gasteiger partial charge in [-0.2, -0.15) is 0 Å². The number of aliphatic hydroxyl groups excluding tert-OH is 1. The van der Waals surface area contributed by atoms with Crippen LogP contribution in [0.15, 0.2) is 42.0 Å². The maximum absolute atomic E-state index is 10.5. The smallest absolute Gasteiger partial charge is 0.0787 e. The Kier molecular flexibility index (Phi) is 5.17. The van der Waals surface area contributed by atoms with Gasteiger partial charge in [-0.3, -0.25) is 4.90 Å². The van der Waals surface area contributed by atoms with Gasteiger partial charge in [-0.25, -0.2) is 0 Å². The van der Waals surface area contributed by atoms with E-state index in [4.69, 9.17) is 4.74 Å². The zero-order chi connectivity index (χ0) is 26.1. The molecule has 6 fully saturated rings. The number of aliphatic hydroxyl groups is 1. The summed E-state index contributed by atoms with van der Waals surface area (Å²) < 4.78 is 7.52. The van der Waals surface area contributed by atoms with Crippen LogP contribution in [-0.4, -0.2) is 40.4 Å². The number of hydrogen-bond donors (Lipinski definition) is 1. The van der Waals surface area contributed by atoms with Crippen molar-refractivity contribution in [3.8, 4) is 0 Å². The first-order valence-corrected chi connectivity index (χ1v) is 16.0. The van der Waals surface area contributed by atoms with Crippen molar-refractivity contribution >= 4 is 0 Å². The number of likely N-dealkylation sites (tertiary alicyclic amines) is 1. The van der Waals surface area contributed by atoms with Crippen LogP contribution in [-0.2, 0) is 11.3 Å². The second-order valence-corrected chi connectivity index (χ2v) is 15.6. The summed E-state index contributed by atoms with van der Waals surface area (Å²) in [6, 6.07) is 11.7. The Morgan fingerprint density at radius 2 is 1.87 bits per heavy atom. The van der Waals surface area contributed by atoms with Crippen molar-refractivity contribution in [2.45, 2.75) is 116 Å². The summed E-state index contributed by atoms with van der Waals surface area (Å²) in [4.78, 5) is 2.82. The first-order chi connectivity index (χ1) is 18.2. The fourth-order valence-electron chi connectivity index (χ4n) is 12.5. The molecule has 38 heavy (non-hydrogen) atoms. The summed E-state index contributed by atoms with van der Waals surface area (Å²) >= 11 is 0. The Bertz CT molecular complexity index is 1150. The van der Waals surface area contributed by atoms with Crippen molar-refractivity contribution in [2.24, 2.45) is 45.8 Å². The van der Waals surface area contributed by atoms with Gasteiger partial charge in [-0.05, 0) is 97.9 Å². The maximum atomic E-state index is 10.5. The van der Waals surface area contributed by atoms with Crippen LogP contribution in [0.1, 0.15) is 91.0 Å². The number of allylic oxidation sites excluding steroid dienone is 1. The molecular weight excluding hydrogens is 466 g/mol. The average molecular weight is 516 g/mol. The van der Waals surface area contributed by atoms with Gasteiger partial charge in [0.25, 0.3) is 0 Å². The molecule has 2 unspecified atom stereocenters. The molecule has 2 aliphatic heterocycles. The lowest BCUT2D eigenvalue weighted by molar-refractivity contribution is -0.148. The summed E-state index contributed by atoms with van der Waals surface area (Å²) in [5, 5.41) is 10.5. The minimum absolute atomic E-state index is 0.0469. The number of fused-ring (bicyclic) bond motifs is 6. The molecule has 1 aromatic rings. The van der Waals surface area contributed by atoms with Crippen LogP contribution in [0, 0.1) is 45.8 Å². The summed E-state index contributed by atoms with van der Waals surface area (Å²) in [6.45, 7) is 12.5. The second kappa shape index (κ2) is 7.98. The van der Waals surface area contributed by atoms with E-state index in [1.165, 1.54) is 57.1 Å². The number of rotatable bonds is 2. The molecule has 2 spiro atoms. The highest BCUT2D eigenvalue weighted by molar-refractivity contribution is 5.36. The zero-order valence-corrected chi connectivity index (χ0v) is 24.2. The lowest BCUT2D eigenvalue weighted by atomic mass is 9.56. The van der Waals surface area contributed by atoms with Crippen LogP contribution in [0.2, 0.25) is 0 Å². The van der Waals surface area contributed by atoms with Crippen molar-refractivity contribution in [3.63, 3.8) is 0 Å². The van der Waals surface area contributed by atoms with E-state index in [0.29, 0.717) is 40.2 Å². The molecule has 0 aromatic heterocycles. The lowest BCUT2D eigenvalue weighted by Crippen LogP contribution is -2.54. The fraction of sp³-hybridized carbons (Fsp3) is 0.771. The van der Waals surface area contributed by atoms with Crippen LogP contribution in [0.5, 0.6) is 0 Å². The Balaban J connectivity index is 1.11. The molecule has 0 bridgehead atoms. The molecule has 206 valence electrons. The van der Waals surface area contributed by atoms with Gasteiger partial charge in [-0.1, -0.05) is 69.7 Å². The molecule has 1 aromatic carbocycles. The van der Waals surface area contributed by atoms with Gasteiger partial charge in [-0.15, -0.1) is 0 Å². The van der Waals surface area contributed by atoms with Gasteiger partial charge >= 0.3 is 0 Å². The number of benzene rings is 1. The van der Waals surface area contributed by atoms with E-state index in [1.807, 2.05) is 0 Å². The van der Waals surface area contributed by atoms with Crippen molar-refractivity contribution in [1.29, 1.82) is 0 Å². The lowest BCUT2D eigenvalue weighted by Gasteiger charge is -2.50. The highest BCUT2D eigenvalue weighted by Crippen LogP contribution is 2.87. The monoisotopic (exact) mass is 515 g/mol. The van der Waals surface area contributed by atoms with E-state index >= 15 is 0 Å². The molecule has 2 heterocycles.